The van der Waals surface area contributed by atoms with E-state index >= 15 is 0 Å². The van der Waals surface area contributed by atoms with Crippen LogP contribution in [0.4, 0.5) is 16.2 Å². The maximum absolute atomic E-state index is 13.3. The third-order valence-electron chi connectivity index (χ3n) is 6.39. The Morgan fingerprint density at radius 2 is 1.79 bits per heavy atom. The van der Waals surface area contributed by atoms with Crippen molar-refractivity contribution in [2.24, 2.45) is 0 Å². The summed E-state index contributed by atoms with van der Waals surface area (Å²) in [4.78, 5) is 15.1. The highest BCUT2D eigenvalue weighted by molar-refractivity contribution is 7.92. The second kappa shape index (κ2) is 12.1. The summed E-state index contributed by atoms with van der Waals surface area (Å²) in [5, 5.41) is 3.19. The highest BCUT2D eigenvalue weighted by atomic mass is 35.5. The lowest BCUT2D eigenvalue weighted by atomic mass is 9.91. The van der Waals surface area contributed by atoms with Crippen LogP contribution in [-0.2, 0) is 10.0 Å². The zero-order chi connectivity index (χ0) is 27.3. The number of hydrogen-bond acceptors (Lipinski definition) is 8. The largest absolute Gasteiger partial charge is 0.481 e. The number of nitrogens with one attached hydrogen (secondary N) is 2. The van der Waals surface area contributed by atoms with E-state index in [1.165, 1.54) is 13.2 Å². The van der Waals surface area contributed by atoms with Crippen LogP contribution < -0.4 is 14.8 Å². The van der Waals surface area contributed by atoms with Gasteiger partial charge in [-0.05, 0) is 76.2 Å². The number of halogens is 2. The Kier molecular flexibility index (Phi) is 8.80. The Morgan fingerprint density at radius 1 is 1.08 bits per heavy atom. The number of methoxy groups -OCH3 is 1. The third kappa shape index (κ3) is 6.97. The van der Waals surface area contributed by atoms with E-state index in [0.717, 1.165) is 49.4 Å². The first-order valence-electron chi connectivity index (χ1n) is 12.1. The zero-order valence-electron chi connectivity index (χ0n) is 21.4. The van der Waals surface area contributed by atoms with Crippen LogP contribution in [0, 0.1) is 5.82 Å². The van der Waals surface area contributed by atoms with Crippen LogP contribution in [0.1, 0.15) is 36.8 Å². The van der Waals surface area contributed by atoms with Crippen LogP contribution in [0.5, 0.6) is 5.88 Å². The molecule has 9 nitrogen and oxygen atoms in total. The van der Waals surface area contributed by atoms with Gasteiger partial charge < -0.3 is 15.0 Å². The molecule has 0 spiro atoms. The standard InChI is InChI=1S/C26H30ClFN6O3S/c1-34(2)21-10-8-20(9-11-21)31-26-29-15-17(16-30-26)4-5-18-6-13-24(32-25(18)37-3)33-38(35,36)23-12-7-19(28)14-22(23)27/h4-7,12-16,20-21H,8-11H2,1-3H3,(H,32,33)(H,29,30,31)/b5-4+. The molecule has 0 atom stereocenters. The van der Waals surface area contributed by atoms with Gasteiger partial charge in [0.05, 0.1) is 12.1 Å². The van der Waals surface area contributed by atoms with E-state index < -0.39 is 15.8 Å². The van der Waals surface area contributed by atoms with Crippen molar-refractivity contribution in [3.63, 3.8) is 0 Å². The topological polar surface area (TPSA) is 109 Å². The van der Waals surface area contributed by atoms with E-state index in [-0.39, 0.29) is 21.6 Å². The Hall–Kier alpha value is -3.28. The minimum atomic E-state index is -4.08. The van der Waals surface area contributed by atoms with Crippen LogP contribution in [0.25, 0.3) is 12.2 Å². The lowest BCUT2D eigenvalue weighted by molar-refractivity contribution is 0.221. The molecule has 2 aromatic heterocycles. The predicted octanol–water partition coefficient (Wildman–Crippen LogP) is 4.93. The van der Waals surface area contributed by atoms with Crippen molar-refractivity contribution >= 4 is 45.5 Å². The van der Waals surface area contributed by atoms with Crippen molar-refractivity contribution in [2.45, 2.75) is 42.7 Å². The van der Waals surface area contributed by atoms with Crippen LogP contribution in [0.15, 0.2) is 47.6 Å². The number of nitrogens with zero attached hydrogens (tertiary/aromatic N) is 4. The second-order valence-corrected chi connectivity index (χ2v) is 11.3. The van der Waals surface area contributed by atoms with E-state index in [2.05, 4.69) is 44.0 Å². The van der Waals surface area contributed by atoms with E-state index in [1.54, 1.807) is 24.5 Å². The molecule has 2 heterocycles. The number of pyridine rings is 1. The van der Waals surface area contributed by atoms with Gasteiger partial charge in [0.2, 0.25) is 11.8 Å². The molecular weight excluding hydrogens is 531 g/mol. The molecule has 4 rings (SSSR count). The molecule has 2 N–H and O–H groups in total. The number of aromatic nitrogens is 3. The van der Waals surface area contributed by atoms with Crippen LogP contribution in [0.3, 0.4) is 0 Å². The van der Waals surface area contributed by atoms with Crippen molar-refractivity contribution in [3.8, 4) is 5.88 Å². The highest BCUT2D eigenvalue weighted by Crippen LogP contribution is 2.27. The molecule has 0 radical (unpaired) electrons. The minimum Gasteiger partial charge on any atom is -0.481 e. The zero-order valence-corrected chi connectivity index (χ0v) is 22.9. The van der Waals surface area contributed by atoms with Gasteiger partial charge in [-0.1, -0.05) is 17.7 Å². The summed E-state index contributed by atoms with van der Waals surface area (Å²) in [6.45, 7) is 0. The van der Waals surface area contributed by atoms with Crippen molar-refractivity contribution in [2.75, 3.05) is 31.2 Å². The van der Waals surface area contributed by atoms with E-state index in [4.69, 9.17) is 16.3 Å². The van der Waals surface area contributed by atoms with Crippen molar-refractivity contribution in [3.05, 3.63) is 64.7 Å². The molecule has 0 aliphatic heterocycles. The normalized spacial score (nSPS) is 18.1. The summed E-state index contributed by atoms with van der Waals surface area (Å²) in [7, 11) is 1.60. The van der Waals surface area contributed by atoms with E-state index in [9.17, 15) is 12.8 Å². The third-order valence-corrected chi connectivity index (χ3v) is 8.23. The molecule has 1 aromatic carbocycles. The summed E-state index contributed by atoms with van der Waals surface area (Å²) in [5.41, 5.74) is 1.40. The molecule has 202 valence electrons. The van der Waals surface area contributed by atoms with E-state index in [1.807, 2.05) is 6.08 Å². The quantitative estimate of drug-likeness (QED) is 0.379. The van der Waals surface area contributed by atoms with E-state index in [0.29, 0.717) is 23.6 Å². The predicted molar refractivity (Wildman–Crippen MR) is 147 cm³/mol. The van der Waals surface area contributed by atoms with Crippen LogP contribution in [-0.4, -0.2) is 61.6 Å². The van der Waals surface area contributed by atoms with Gasteiger partial charge in [0, 0.05) is 35.6 Å². The molecule has 3 aromatic rings. The Bertz CT molecular complexity index is 1390. The minimum absolute atomic E-state index is 0.0257. The first kappa shape index (κ1) is 27.7. The molecule has 1 aliphatic rings. The molecule has 0 bridgehead atoms. The number of rotatable bonds is 9. The summed E-state index contributed by atoms with van der Waals surface area (Å²) in [6.07, 6.45) is 11.5. The van der Waals surface area contributed by atoms with Crippen molar-refractivity contribution in [1.82, 2.24) is 19.9 Å². The summed E-state index contributed by atoms with van der Waals surface area (Å²) in [5.74, 6) is 0.202. The van der Waals surface area contributed by atoms with Crippen LogP contribution in [0.2, 0.25) is 5.02 Å². The lowest BCUT2D eigenvalue weighted by Crippen LogP contribution is -2.36. The summed E-state index contributed by atoms with van der Waals surface area (Å²) >= 11 is 5.91. The molecule has 1 fully saturated rings. The Balaban J connectivity index is 1.40. The Morgan fingerprint density at radius 3 is 2.42 bits per heavy atom. The number of anilines is 2. The van der Waals surface area contributed by atoms with Crippen molar-refractivity contribution in [1.29, 1.82) is 0 Å². The molecular formula is C26H30ClFN6O3S. The van der Waals surface area contributed by atoms with Gasteiger partial charge in [-0.15, -0.1) is 0 Å². The highest BCUT2D eigenvalue weighted by Gasteiger charge is 2.23. The molecule has 12 heteroatoms. The van der Waals surface area contributed by atoms with Gasteiger partial charge in [0.1, 0.15) is 16.5 Å². The SMILES string of the molecule is COc1nc(NS(=O)(=O)c2ccc(F)cc2Cl)ccc1/C=C/c1cnc(NC2CCC(N(C)C)CC2)nc1. The maximum Gasteiger partial charge on any atom is 0.264 e. The summed E-state index contributed by atoms with van der Waals surface area (Å²) in [6, 6.07) is 7.20. The van der Waals surface area contributed by atoms with Gasteiger partial charge in [0.15, 0.2) is 0 Å². The number of hydrogen-bond donors (Lipinski definition) is 2. The molecule has 0 amide bonds. The van der Waals surface area contributed by atoms with Gasteiger partial charge in [-0.3, -0.25) is 4.72 Å². The van der Waals surface area contributed by atoms with Gasteiger partial charge in [-0.2, -0.15) is 4.98 Å². The average molecular weight is 561 g/mol. The first-order valence-corrected chi connectivity index (χ1v) is 14.0. The fourth-order valence-corrected chi connectivity index (χ4v) is 5.82. The van der Waals surface area contributed by atoms with Gasteiger partial charge in [-0.25, -0.2) is 22.8 Å². The second-order valence-electron chi connectivity index (χ2n) is 9.26. The van der Waals surface area contributed by atoms with Crippen molar-refractivity contribution < 1.29 is 17.5 Å². The summed E-state index contributed by atoms with van der Waals surface area (Å²) < 4.78 is 46.4. The molecule has 1 aliphatic carbocycles. The molecule has 0 saturated heterocycles. The number of benzene rings is 1. The number of ether oxygens (including phenoxy) is 1. The van der Waals surface area contributed by atoms with Crippen LogP contribution >= 0.6 is 11.6 Å². The molecule has 38 heavy (non-hydrogen) atoms. The number of sulfonamides is 1. The maximum atomic E-state index is 13.3. The van der Waals surface area contributed by atoms with Gasteiger partial charge in [0.25, 0.3) is 10.0 Å². The lowest BCUT2D eigenvalue weighted by Gasteiger charge is -2.32. The average Bonchev–Trinajstić information content (AvgIpc) is 2.88. The fourth-order valence-electron chi connectivity index (χ4n) is 4.29. The monoisotopic (exact) mass is 560 g/mol. The smallest absolute Gasteiger partial charge is 0.264 e. The van der Waals surface area contributed by atoms with Gasteiger partial charge >= 0.3 is 0 Å². The molecule has 1 saturated carbocycles. The fraction of sp³-hybridized carbons (Fsp3) is 0.346. The first-order chi connectivity index (χ1) is 18.1. The molecule has 0 unspecified atom stereocenters. The Labute approximate surface area is 227 Å².